The van der Waals surface area contributed by atoms with E-state index in [-0.39, 0.29) is 11.3 Å². The van der Waals surface area contributed by atoms with E-state index >= 15 is 0 Å². The van der Waals surface area contributed by atoms with Gasteiger partial charge in [-0.2, -0.15) is 0 Å². The fourth-order valence-corrected chi connectivity index (χ4v) is 3.60. The molecule has 102 valence electrons. The van der Waals surface area contributed by atoms with Gasteiger partial charge in [-0.05, 0) is 43.4 Å². The SMILES string of the molecule is O=C(NC1CCCC1)C1(c2ccc(Br)cc2)CCC1. The minimum atomic E-state index is -0.247. The molecule has 0 aromatic heterocycles. The second-order valence-electron chi connectivity index (χ2n) is 5.90. The lowest BCUT2D eigenvalue weighted by atomic mass is 9.63. The molecule has 1 amide bonds. The lowest BCUT2D eigenvalue weighted by Crippen LogP contribution is -2.51. The van der Waals surface area contributed by atoms with Crippen molar-refractivity contribution in [1.29, 1.82) is 0 Å². The summed E-state index contributed by atoms with van der Waals surface area (Å²) in [6.07, 6.45) is 7.98. The fourth-order valence-electron chi connectivity index (χ4n) is 3.34. The van der Waals surface area contributed by atoms with Gasteiger partial charge >= 0.3 is 0 Å². The molecular weight excluding hydrogens is 302 g/mol. The van der Waals surface area contributed by atoms with Gasteiger partial charge in [0.25, 0.3) is 0 Å². The predicted octanol–water partition coefficient (Wildman–Crippen LogP) is 3.93. The Morgan fingerprint density at radius 2 is 1.74 bits per heavy atom. The van der Waals surface area contributed by atoms with Crippen LogP contribution in [0.5, 0.6) is 0 Å². The lowest BCUT2D eigenvalue weighted by Gasteiger charge is -2.41. The normalized spacial score (nSPS) is 21.9. The van der Waals surface area contributed by atoms with Crippen molar-refractivity contribution in [3.05, 3.63) is 34.3 Å². The van der Waals surface area contributed by atoms with E-state index in [9.17, 15) is 4.79 Å². The number of benzene rings is 1. The number of rotatable bonds is 3. The maximum absolute atomic E-state index is 12.7. The van der Waals surface area contributed by atoms with Gasteiger partial charge in [0, 0.05) is 10.5 Å². The monoisotopic (exact) mass is 321 g/mol. The van der Waals surface area contributed by atoms with Gasteiger partial charge in [-0.1, -0.05) is 47.3 Å². The molecule has 19 heavy (non-hydrogen) atoms. The highest BCUT2D eigenvalue weighted by atomic mass is 79.9. The number of halogens is 1. The van der Waals surface area contributed by atoms with Gasteiger partial charge in [0.1, 0.15) is 0 Å². The first-order chi connectivity index (χ1) is 9.21. The van der Waals surface area contributed by atoms with E-state index < -0.39 is 0 Å². The van der Waals surface area contributed by atoms with E-state index in [2.05, 4.69) is 33.4 Å². The Bertz CT molecular complexity index is 458. The van der Waals surface area contributed by atoms with Gasteiger partial charge in [-0.3, -0.25) is 4.79 Å². The third-order valence-corrected chi connectivity index (χ3v) is 5.26. The molecule has 0 radical (unpaired) electrons. The van der Waals surface area contributed by atoms with E-state index in [4.69, 9.17) is 0 Å². The van der Waals surface area contributed by atoms with Gasteiger partial charge in [-0.25, -0.2) is 0 Å². The molecule has 2 fully saturated rings. The Morgan fingerprint density at radius 1 is 1.11 bits per heavy atom. The molecule has 1 N–H and O–H groups in total. The van der Waals surface area contributed by atoms with Crippen molar-refractivity contribution < 1.29 is 4.79 Å². The Balaban J connectivity index is 1.78. The van der Waals surface area contributed by atoms with Crippen LogP contribution in [0.1, 0.15) is 50.5 Å². The van der Waals surface area contributed by atoms with E-state index in [0.29, 0.717) is 6.04 Å². The molecule has 0 spiro atoms. The number of hydrogen-bond donors (Lipinski definition) is 1. The molecule has 3 heteroatoms. The van der Waals surface area contributed by atoms with Crippen molar-refractivity contribution in [2.45, 2.75) is 56.4 Å². The molecule has 1 aromatic rings. The summed E-state index contributed by atoms with van der Waals surface area (Å²) in [6, 6.07) is 8.69. The summed E-state index contributed by atoms with van der Waals surface area (Å²) < 4.78 is 1.07. The Hall–Kier alpha value is -0.830. The van der Waals surface area contributed by atoms with Gasteiger partial charge < -0.3 is 5.32 Å². The summed E-state index contributed by atoms with van der Waals surface area (Å²) in [5, 5.41) is 3.28. The van der Waals surface area contributed by atoms with E-state index in [1.54, 1.807) is 0 Å². The van der Waals surface area contributed by atoms with Gasteiger partial charge in [-0.15, -0.1) is 0 Å². The molecule has 2 saturated carbocycles. The molecular formula is C16H20BrNO. The summed E-state index contributed by atoms with van der Waals surface area (Å²) in [6.45, 7) is 0. The Labute approximate surface area is 123 Å². The second-order valence-corrected chi connectivity index (χ2v) is 6.81. The summed E-state index contributed by atoms with van der Waals surface area (Å²) in [7, 11) is 0. The highest BCUT2D eigenvalue weighted by Crippen LogP contribution is 2.44. The molecule has 2 aliphatic carbocycles. The summed E-state index contributed by atoms with van der Waals surface area (Å²) >= 11 is 3.46. The largest absolute Gasteiger partial charge is 0.353 e. The number of nitrogens with one attached hydrogen (secondary N) is 1. The molecule has 2 aliphatic rings. The quantitative estimate of drug-likeness (QED) is 0.897. The van der Waals surface area contributed by atoms with Crippen molar-refractivity contribution in [3.8, 4) is 0 Å². The number of carbonyl (C=O) groups is 1. The number of carbonyl (C=O) groups excluding carboxylic acids is 1. The van der Waals surface area contributed by atoms with Crippen LogP contribution in [-0.4, -0.2) is 11.9 Å². The van der Waals surface area contributed by atoms with Gasteiger partial charge in [0.05, 0.1) is 5.41 Å². The van der Waals surface area contributed by atoms with Crippen molar-refractivity contribution in [3.63, 3.8) is 0 Å². The minimum Gasteiger partial charge on any atom is -0.353 e. The number of amides is 1. The molecule has 2 nitrogen and oxygen atoms in total. The zero-order valence-corrected chi connectivity index (χ0v) is 12.7. The topological polar surface area (TPSA) is 29.1 Å². The zero-order chi connectivity index (χ0) is 13.3. The van der Waals surface area contributed by atoms with Crippen LogP contribution in [0, 0.1) is 0 Å². The summed E-state index contributed by atoms with van der Waals surface area (Å²) in [5.74, 6) is 0.257. The van der Waals surface area contributed by atoms with Crippen molar-refractivity contribution in [2.75, 3.05) is 0 Å². The van der Waals surface area contributed by atoms with Crippen molar-refractivity contribution in [2.24, 2.45) is 0 Å². The van der Waals surface area contributed by atoms with Crippen LogP contribution < -0.4 is 5.32 Å². The highest BCUT2D eigenvalue weighted by Gasteiger charge is 2.46. The first kappa shape index (κ1) is 13.2. The van der Waals surface area contributed by atoms with Gasteiger partial charge in [0.15, 0.2) is 0 Å². The van der Waals surface area contributed by atoms with E-state index in [1.165, 1.54) is 18.4 Å². The van der Waals surface area contributed by atoms with Crippen LogP contribution in [-0.2, 0) is 10.2 Å². The molecule has 3 rings (SSSR count). The molecule has 1 aromatic carbocycles. The molecule has 0 bridgehead atoms. The first-order valence-electron chi connectivity index (χ1n) is 7.28. The third-order valence-electron chi connectivity index (χ3n) is 4.73. The maximum Gasteiger partial charge on any atom is 0.230 e. The third kappa shape index (κ3) is 2.45. The summed E-state index contributed by atoms with van der Waals surface area (Å²) in [4.78, 5) is 12.7. The Morgan fingerprint density at radius 3 is 2.26 bits per heavy atom. The lowest BCUT2D eigenvalue weighted by molar-refractivity contribution is -0.130. The second kappa shape index (κ2) is 5.28. The van der Waals surface area contributed by atoms with Crippen LogP contribution in [0.25, 0.3) is 0 Å². The predicted molar refractivity (Wildman–Crippen MR) is 80.1 cm³/mol. The smallest absolute Gasteiger partial charge is 0.230 e. The van der Waals surface area contributed by atoms with Crippen LogP contribution in [0.3, 0.4) is 0 Å². The first-order valence-corrected chi connectivity index (χ1v) is 8.07. The van der Waals surface area contributed by atoms with Crippen LogP contribution >= 0.6 is 15.9 Å². The molecule has 0 saturated heterocycles. The van der Waals surface area contributed by atoms with Crippen molar-refractivity contribution in [1.82, 2.24) is 5.32 Å². The van der Waals surface area contributed by atoms with E-state index in [1.807, 2.05) is 12.1 Å². The molecule has 0 heterocycles. The zero-order valence-electron chi connectivity index (χ0n) is 11.1. The van der Waals surface area contributed by atoms with Crippen LogP contribution in [0.2, 0.25) is 0 Å². The molecule has 0 aliphatic heterocycles. The molecule has 0 atom stereocenters. The fraction of sp³-hybridized carbons (Fsp3) is 0.562. The van der Waals surface area contributed by atoms with Crippen LogP contribution in [0.15, 0.2) is 28.7 Å². The van der Waals surface area contributed by atoms with Crippen molar-refractivity contribution >= 4 is 21.8 Å². The minimum absolute atomic E-state index is 0.247. The highest BCUT2D eigenvalue weighted by molar-refractivity contribution is 9.10. The summed E-state index contributed by atoms with van der Waals surface area (Å²) in [5.41, 5.74) is 0.931. The molecule has 0 unspecified atom stereocenters. The van der Waals surface area contributed by atoms with Gasteiger partial charge in [0.2, 0.25) is 5.91 Å². The average molecular weight is 322 g/mol. The van der Waals surface area contributed by atoms with E-state index in [0.717, 1.165) is 36.6 Å². The standard InChI is InChI=1S/C16H20BrNO/c17-13-8-6-12(7-9-13)16(10-3-11-16)15(19)18-14-4-1-2-5-14/h6-9,14H,1-5,10-11H2,(H,18,19). The average Bonchev–Trinajstić information content (AvgIpc) is 2.83. The maximum atomic E-state index is 12.7. The number of hydrogen-bond acceptors (Lipinski definition) is 1. The van der Waals surface area contributed by atoms with Crippen LogP contribution in [0.4, 0.5) is 0 Å². The Kier molecular flexibility index (Phi) is 3.66.